The Kier molecular flexibility index (Phi) is 4.04. The third kappa shape index (κ3) is 4.62. The Morgan fingerprint density at radius 2 is 1.41 bits per heavy atom. The van der Waals surface area contributed by atoms with Gasteiger partial charge in [0.15, 0.2) is 0 Å². The van der Waals surface area contributed by atoms with E-state index in [1.165, 1.54) is 19.3 Å². The normalized spacial score (nSPS) is 26.8. The highest BCUT2D eigenvalue weighted by molar-refractivity contribution is 4.94. The molecule has 1 nitrogen and oxygen atoms in total. The largest absolute Gasteiger partial charge is 0.311 e. The molecule has 1 rings (SSSR count). The smallest absolute Gasteiger partial charge is 0.00898 e. The zero-order chi connectivity index (χ0) is 13.5. The molecule has 0 aromatic carbocycles. The van der Waals surface area contributed by atoms with Gasteiger partial charge in [-0.25, -0.2) is 0 Å². The molecule has 17 heavy (non-hydrogen) atoms. The molecule has 0 aromatic heterocycles. The van der Waals surface area contributed by atoms with Crippen LogP contribution in [0, 0.1) is 16.2 Å². The Balaban J connectivity index is 2.66. The van der Waals surface area contributed by atoms with E-state index in [-0.39, 0.29) is 0 Å². The van der Waals surface area contributed by atoms with Gasteiger partial charge in [-0.05, 0) is 42.4 Å². The van der Waals surface area contributed by atoms with Crippen LogP contribution >= 0.6 is 0 Å². The van der Waals surface area contributed by atoms with Crippen LogP contribution in [0.4, 0.5) is 0 Å². The Labute approximate surface area is 109 Å². The molecule has 0 amide bonds. The average molecular weight is 239 g/mol. The fourth-order valence-electron chi connectivity index (χ4n) is 3.57. The molecule has 1 N–H and O–H groups in total. The van der Waals surface area contributed by atoms with Gasteiger partial charge in [0.05, 0.1) is 0 Å². The van der Waals surface area contributed by atoms with Crippen LogP contribution in [0.3, 0.4) is 0 Å². The van der Waals surface area contributed by atoms with Crippen LogP contribution in [0.25, 0.3) is 0 Å². The molecule has 0 radical (unpaired) electrons. The maximum Gasteiger partial charge on any atom is 0.00898 e. The van der Waals surface area contributed by atoms with Crippen molar-refractivity contribution in [3.05, 3.63) is 0 Å². The quantitative estimate of drug-likeness (QED) is 0.741. The van der Waals surface area contributed by atoms with E-state index in [1.54, 1.807) is 0 Å². The van der Waals surface area contributed by atoms with Crippen molar-refractivity contribution in [3.8, 4) is 0 Å². The predicted molar refractivity (Wildman–Crippen MR) is 77.3 cm³/mol. The fourth-order valence-corrected chi connectivity index (χ4v) is 3.57. The van der Waals surface area contributed by atoms with E-state index < -0.39 is 0 Å². The molecule has 0 heterocycles. The zero-order valence-corrected chi connectivity index (χ0v) is 13.3. The van der Waals surface area contributed by atoms with E-state index in [4.69, 9.17) is 0 Å². The van der Waals surface area contributed by atoms with E-state index in [2.05, 4.69) is 60.7 Å². The van der Waals surface area contributed by atoms with Crippen LogP contribution in [-0.4, -0.2) is 12.1 Å². The number of hydrogen-bond acceptors (Lipinski definition) is 1. The monoisotopic (exact) mass is 239 g/mol. The van der Waals surface area contributed by atoms with Gasteiger partial charge in [-0.2, -0.15) is 0 Å². The minimum Gasteiger partial charge on any atom is -0.311 e. The van der Waals surface area contributed by atoms with Crippen molar-refractivity contribution in [2.24, 2.45) is 16.2 Å². The molecule has 1 unspecified atom stereocenters. The summed E-state index contributed by atoms with van der Waals surface area (Å²) in [5.74, 6) is 0. The molecule has 0 spiro atoms. The molecule has 1 atom stereocenters. The van der Waals surface area contributed by atoms with Crippen molar-refractivity contribution in [1.82, 2.24) is 5.32 Å². The van der Waals surface area contributed by atoms with Crippen molar-refractivity contribution < 1.29 is 0 Å². The number of rotatable bonds is 2. The lowest BCUT2D eigenvalue weighted by Gasteiger charge is -2.47. The Bertz CT molecular complexity index is 241. The average Bonchev–Trinajstić information content (AvgIpc) is 1.94. The van der Waals surface area contributed by atoms with Crippen molar-refractivity contribution in [3.63, 3.8) is 0 Å². The van der Waals surface area contributed by atoms with Crippen LogP contribution < -0.4 is 5.32 Å². The van der Waals surface area contributed by atoms with Gasteiger partial charge in [0.25, 0.3) is 0 Å². The Morgan fingerprint density at radius 1 is 1.00 bits per heavy atom. The maximum atomic E-state index is 3.87. The lowest BCUT2D eigenvalue weighted by atomic mass is 9.63. The van der Waals surface area contributed by atoms with Crippen molar-refractivity contribution in [2.75, 3.05) is 0 Å². The van der Waals surface area contributed by atoms with Crippen LogP contribution in [0.1, 0.15) is 74.7 Å². The van der Waals surface area contributed by atoms with Crippen molar-refractivity contribution >= 4 is 0 Å². The van der Waals surface area contributed by atoms with Crippen molar-refractivity contribution in [2.45, 2.75) is 86.7 Å². The molecule has 0 aromatic rings. The van der Waals surface area contributed by atoms with Crippen LogP contribution in [0.5, 0.6) is 0 Å². The van der Waals surface area contributed by atoms with E-state index >= 15 is 0 Å². The highest BCUT2D eigenvalue weighted by atomic mass is 15.0. The molecule has 1 fully saturated rings. The van der Waals surface area contributed by atoms with E-state index in [0.29, 0.717) is 28.3 Å². The summed E-state index contributed by atoms with van der Waals surface area (Å²) >= 11 is 0. The fraction of sp³-hybridized carbons (Fsp3) is 1.00. The minimum absolute atomic E-state index is 0.353. The SMILES string of the molecule is CC(NC1CC(C)(C)CC(C)(C)C1)C(C)(C)C. The van der Waals surface area contributed by atoms with Crippen LogP contribution in [0.2, 0.25) is 0 Å². The summed E-state index contributed by atoms with van der Waals surface area (Å²) in [5, 5.41) is 3.87. The molecule has 0 bridgehead atoms. The van der Waals surface area contributed by atoms with E-state index in [9.17, 15) is 0 Å². The van der Waals surface area contributed by atoms with Crippen LogP contribution in [-0.2, 0) is 0 Å². The molecule has 0 aliphatic heterocycles. The summed E-state index contributed by atoms with van der Waals surface area (Å²) in [7, 11) is 0. The van der Waals surface area contributed by atoms with E-state index in [1.807, 2.05) is 0 Å². The first-order valence-corrected chi connectivity index (χ1v) is 7.17. The standard InChI is InChI=1S/C16H33N/c1-12(14(2,3)4)17-13-9-15(5,6)11-16(7,8)10-13/h12-13,17H,9-11H2,1-8H3. The van der Waals surface area contributed by atoms with E-state index in [0.717, 1.165) is 0 Å². The molecule has 1 aliphatic rings. The number of hydrogen-bond donors (Lipinski definition) is 1. The molecule has 1 saturated carbocycles. The van der Waals surface area contributed by atoms with Gasteiger partial charge in [-0.15, -0.1) is 0 Å². The first-order valence-electron chi connectivity index (χ1n) is 7.17. The van der Waals surface area contributed by atoms with Gasteiger partial charge in [0, 0.05) is 12.1 Å². The third-order valence-corrected chi connectivity index (χ3v) is 4.34. The highest BCUT2D eigenvalue weighted by Crippen LogP contribution is 2.45. The molecule has 1 heteroatoms. The summed E-state index contributed by atoms with van der Waals surface area (Å²) in [6.07, 6.45) is 3.98. The zero-order valence-electron chi connectivity index (χ0n) is 13.3. The van der Waals surface area contributed by atoms with Crippen LogP contribution in [0.15, 0.2) is 0 Å². The second kappa shape index (κ2) is 4.57. The molecular formula is C16H33N. The number of nitrogens with one attached hydrogen (secondary N) is 1. The van der Waals surface area contributed by atoms with Gasteiger partial charge in [0.1, 0.15) is 0 Å². The Morgan fingerprint density at radius 3 is 1.76 bits per heavy atom. The summed E-state index contributed by atoms with van der Waals surface area (Å²) < 4.78 is 0. The van der Waals surface area contributed by atoms with Gasteiger partial charge in [0.2, 0.25) is 0 Å². The second-order valence-electron chi connectivity index (χ2n) is 8.86. The van der Waals surface area contributed by atoms with Crippen molar-refractivity contribution in [1.29, 1.82) is 0 Å². The molecular weight excluding hydrogens is 206 g/mol. The second-order valence-corrected chi connectivity index (χ2v) is 8.86. The summed E-state index contributed by atoms with van der Waals surface area (Å²) in [5.41, 5.74) is 1.32. The topological polar surface area (TPSA) is 12.0 Å². The van der Waals surface area contributed by atoms with Gasteiger partial charge >= 0.3 is 0 Å². The molecule has 0 saturated heterocycles. The highest BCUT2D eigenvalue weighted by Gasteiger charge is 2.39. The first kappa shape index (κ1) is 15.0. The lowest BCUT2D eigenvalue weighted by Crippen LogP contribution is -2.50. The summed E-state index contributed by atoms with van der Waals surface area (Å²) in [4.78, 5) is 0. The third-order valence-electron chi connectivity index (χ3n) is 4.34. The minimum atomic E-state index is 0.353. The van der Waals surface area contributed by atoms with Gasteiger partial charge in [-0.3, -0.25) is 0 Å². The summed E-state index contributed by atoms with van der Waals surface area (Å²) in [6, 6.07) is 1.26. The maximum absolute atomic E-state index is 3.87. The van der Waals surface area contributed by atoms with Gasteiger partial charge in [-0.1, -0.05) is 48.5 Å². The Hall–Kier alpha value is -0.0400. The molecule has 1 aliphatic carbocycles. The lowest BCUT2D eigenvalue weighted by molar-refractivity contribution is 0.0729. The predicted octanol–water partition coefficient (Wildman–Crippen LogP) is 4.62. The first-order chi connectivity index (χ1) is 7.41. The molecule has 102 valence electrons. The van der Waals surface area contributed by atoms with Gasteiger partial charge < -0.3 is 5.32 Å². The summed E-state index contributed by atoms with van der Waals surface area (Å²) in [6.45, 7) is 19.0.